The molecule has 0 spiro atoms. The molecular formula is C22H19Cl2N3OS. The highest BCUT2D eigenvalue weighted by Crippen LogP contribution is 2.48. The van der Waals surface area contributed by atoms with Gasteiger partial charge in [-0.2, -0.15) is 5.26 Å². The molecule has 0 radical (unpaired) electrons. The molecule has 0 bridgehead atoms. The number of nitrogens with zero attached hydrogens (tertiary/aromatic N) is 2. The molecule has 148 valence electrons. The number of halogens is 2. The monoisotopic (exact) mass is 443 g/mol. The topological polar surface area (TPSA) is 70.1 Å². The number of benzene rings is 1. The Labute approximate surface area is 183 Å². The maximum Gasteiger partial charge on any atom is 0.161 e. The molecule has 4 nitrogen and oxygen atoms in total. The average Bonchev–Trinajstić information content (AvgIpc) is 3.18. The second-order valence-electron chi connectivity index (χ2n) is 7.07. The summed E-state index contributed by atoms with van der Waals surface area (Å²) in [5, 5.41) is 10.8. The van der Waals surface area contributed by atoms with Crippen LogP contribution in [0.25, 0.3) is 0 Å². The smallest absolute Gasteiger partial charge is 0.161 e. The molecule has 0 amide bonds. The van der Waals surface area contributed by atoms with E-state index in [2.05, 4.69) is 19.1 Å². The first kappa shape index (κ1) is 20.0. The molecule has 2 aliphatic rings. The number of carbonyl (C=O) groups excluding carboxylic acids is 1. The molecule has 0 fully saturated rings. The third-order valence-corrected chi connectivity index (χ3v) is 7.42. The van der Waals surface area contributed by atoms with E-state index >= 15 is 0 Å². The highest BCUT2D eigenvalue weighted by Gasteiger charge is 2.40. The molecule has 2 heterocycles. The number of nitriles is 1. The first-order chi connectivity index (χ1) is 14.0. The van der Waals surface area contributed by atoms with E-state index in [9.17, 15) is 10.1 Å². The molecule has 2 aromatic rings. The van der Waals surface area contributed by atoms with Gasteiger partial charge in [0.15, 0.2) is 5.78 Å². The van der Waals surface area contributed by atoms with Crippen LogP contribution in [0, 0.1) is 11.3 Å². The van der Waals surface area contributed by atoms with Crippen LogP contribution in [0.4, 0.5) is 5.69 Å². The largest absolute Gasteiger partial charge is 0.384 e. The number of ketones is 1. The second kappa shape index (κ2) is 7.87. The summed E-state index contributed by atoms with van der Waals surface area (Å²) in [6.07, 6.45) is 2.86. The van der Waals surface area contributed by atoms with Crippen LogP contribution in [0.1, 0.15) is 41.9 Å². The zero-order chi connectivity index (χ0) is 20.7. The van der Waals surface area contributed by atoms with Crippen LogP contribution in [-0.2, 0) is 11.2 Å². The van der Waals surface area contributed by atoms with E-state index in [1.165, 1.54) is 4.88 Å². The standard InChI is InChI=1S/C22H19Cl2N3OS/c1-2-13-7-9-19(29-13)20-14(11-25)22(26)27(12-6-8-15(23)16(24)10-12)17-4-3-5-18(28)21(17)20/h6-10,20H,2-5,26H2,1H3/t20-/m1/s1. The Morgan fingerprint density at radius 3 is 2.69 bits per heavy atom. The number of allylic oxidation sites excluding steroid dienone is 3. The van der Waals surface area contributed by atoms with Crippen molar-refractivity contribution >= 4 is 46.0 Å². The van der Waals surface area contributed by atoms with E-state index in [1.807, 2.05) is 6.07 Å². The first-order valence-electron chi connectivity index (χ1n) is 9.46. The van der Waals surface area contributed by atoms with Crippen molar-refractivity contribution in [1.82, 2.24) is 0 Å². The summed E-state index contributed by atoms with van der Waals surface area (Å²) in [7, 11) is 0. The Hall–Kier alpha value is -2.26. The fourth-order valence-electron chi connectivity index (χ4n) is 4.03. The lowest BCUT2D eigenvalue weighted by Gasteiger charge is -2.39. The van der Waals surface area contributed by atoms with E-state index in [-0.39, 0.29) is 5.78 Å². The van der Waals surface area contributed by atoms with Crippen LogP contribution in [0.2, 0.25) is 10.0 Å². The number of hydrogen-bond acceptors (Lipinski definition) is 5. The van der Waals surface area contributed by atoms with Gasteiger partial charge in [0.25, 0.3) is 0 Å². The van der Waals surface area contributed by atoms with Gasteiger partial charge >= 0.3 is 0 Å². The van der Waals surface area contributed by atoms with E-state index in [0.717, 1.165) is 23.4 Å². The third kappa shape index (κ3) is 3.36. The number of nitrogens with two attached hydrogens (primary N) is 1. The lowest BCUT2D eigenvalue weighted by atomic mass is 9.78. The maximum absolute atomic E-state index is 13.1. The molecule has 7 heteroatoms. The highest BCUT2D eigenvalue weighted by molar-refractivity contribution is 7.12. The molecule has 1 aliphatic heterocycles. The van der Waals surface area contributed by atoms with Crippen molar-refractivity contribution in [1.29, 1.82) is 5.26 Å². The zero-order valence-corrected chi connectivity index (χ0v) is 18.2. The van der Waals surface area contributed by atoms with Crippen molar-refractivity contribution in [2.45, 2.75) is 38.5 Å². The summed E-state index contributed by atoms with van der Waals surface area (Å²) >= 11 is 14.0. The minimum atomic E-state index is -0.410. The van der Waals surface area contributed by atoms with E-state index in [0.29, 0.717) is 45.5 Å². The number of anilines is 1. The number of aryl methyl sites for hydroxylation is 1. The van der Waals surface area contributed by atoms with Crippen LogP contribution >= 0.6 is 34.5 Å². The van der Waals surface area contributed by atoms with Gasteiger partial charge in [0.05, 0.1) is 27.6 Å². The Kier molecular flexibility index (Phi) is 5.44. The van der Waals surface area contributed by atoms with E-state index in [4.69, 9.17) is 28.9 Å². The molecule has 4 rings (SSSR count). The molecule has 0 saturated carbocycles. The van der Waals surface area contributed by atoms with Gasteiger partial charge in [-0.15, -0.1) is 11.3 Å². The fourth-order valence-corrected chi connectivity index (χ4v) is 5.39. The Balaban J connectivity index is 1.95. The van der Waals surface area contributed by atoms with Gasteiger partial charge in [-0.25, -0.2) is 0 Å². The lowest BCUT2D eigenvalue weighted by molar-refractivity contribution is -0.116. The Morgan fingerprint density at radius 1 is 1.24 bits per heavy atom. The van der Waals surface area contributed by atoms with E-state index in [1.54, 1.807) is 34.4 Å². The Bertz CT molecular complexity index is 1110. The fraction of sp³-hybridized carbons (Fsp3) is 0.273. The van der Waals surface area contributed by atoms with Crippen LogP contribution in [0.15, 0.2) is 53.0 Å². The quantitative estimate of drug-likeness (QED) is 0.638. The van der Waals surface area contributed by atoms with Gasteiger partial charge in [0.1, 0.15) is 5.82 Å². The molecule has 29 heavy (non-hydrogen) atoms. The molecule has 0 unspecified atom stereocenters. The van der Waals surface area contributed by atoms with Crippen molar-refractivity contribution in [2.24, 2.45) is 5.73 Å². The summed E-state index contributed by atoms with van der Waals surface area (Å²) in [4.78, 5) is 17.1. The van der Waals surface area contributed by atoms with Crippen LogP contribution in [0.5, 0.6) is 0 Å². The van der Waals surface area contributed by atoms with Crippen LogP contribution in [-0.4, -0.2) is 5.78 Å². The number of Topliss-reactive ketones (excluding diaryl/α,β-unsaturated/α-hetero) is 1. The SMILES string of the molecule is CCc1ccc([C@H]2C(C#N)=C(N)N(c3ccc(Cl)c(Cl)c3)C3=C2C(=O)CCC3)s1. The molecule has 1 aromatic carbocycles. The van der Waals surface area contributed by atoms with Gasteiger partial charge in [0.2, 0.25) is 0 Å². The predicted molar refractivity (Wildman–Crippen MR) is 118 cm³/mol. The minimum Gasteiger partial charge on any atom is -0.384 e. The number of carbonyl (C=O) groups is 1. The predicted octanol–water partition coefficient (Wildman–Crippen LogP) is 5.92. The number of thiophene rings is 1. The average molecular weight is 444 g/mol. The molecule has 0 saturated heterocycles. The lowest BCUT2D eigenvalue weighted by Crippen LogP contribution is -2.38. The summed E-state index contributed by atoms with van der Waals surface area (Å²) in [5.74, 6) is 0.0101. The van der Waals surface area contributed by atoms with Gasteiger partial charge in [-0.05, 0) is 49.6 Å². The molecule has 1 atom stereocenters. The number of rotatable bonds is 3. The third-order valence-electron chi connectivity index (χ3n) is 5.39. The van der Waals surface area contributed by atoms with Crippen LogP contribution in [0.3, 0.4) is 0 Å². The molecule has 1 aliphatic carbocycles. The molecule has 2 N–H and O–H groups in total. The first-order valence-corrected chi connectivity index (χ1v) is 11.0. The summed E-state index contributed by atoms with van der Waals surface area (Å²) in [5.41, 5.74) is 9.17. The van der Waals surface area contributed by atoms with Crippen molar-refractivity contribution in [3.8, 4) is 6.07 Å². The second-order valence-corrected chi connectivity index (χ2v) is 9.09. The van der Waals surface area contributed by atoms with Crippen molar-refractivity contribution < 1.29 is 4.79 Å². The van der Waals surface area contributed by atoms with Gasteiger partial charge in [0, 0.05) is 33.1 Å². The summed E-state index contributed by atoms with van der Waals surface area (Å²) < 4.78 is 0. The van der Waals surface area contributed by atoms with Crippen molar-refractivity contribution in [3.05, 3.63) is 72.8 Å². The van der Waals surface area contributed by atoms with Crippen LogP contribution < -0.4 is 10.6 Å². The van der Waals surface area contributed by atoms with Crippen molar-refractivity contribution in [3.63, 3.8) is 0 Å². The van der Waals surface area contributed by atoms with Gasteiger partial charge < -0.3 is 5.73 Å². The highest BCUT2D eigenvalue weighted by atomic mass is 35.5. The van der Waals surface area contributed by atoms with E-state index < -0.39 is 5.92 Å². The molecular weight excluding hydrogens is 425 g/mol. The number of hydrogen-bond donors (Lipinski definition) is 1. The maximum atomic E-state index is 13.1. The van der Waals surface area contributed by atoms with Gasteiger partial charge in [-0.3, -0.25) is 9.69 Å². The Morgan fingerprint density at radius 2 is 2.03 bits per heavy atom. The zero-order valence-electron chi connectivity index (χ0n) is 15.8. The summed E-state index contributed by atoms with van der Waals surface area (Å²) in [6, 6.07) is 11.6. The van der Waals surface area contributed by atoms with Gasteiger partial charge in [-0.1, -0.05) is 30.1 Å². The van der Waals surface area contributed by atoms with Crippen molar-refractivity contribution in [2.75, 3.05) is 4.90 Å². The summed E-state index contributed by atoms with van der Waals surface area (Å²) in [6.45, 7) is 2.09. The minimum absolute atomic E-state index is 0.0769. The molecule has 1 aromatic heterocycles. The normalized spacial score (nSPS) is 19.4.